The normalized spacial score (nSPS) is 12.4. The standard InChI is InChI=1S/C15H14Cl2FN/c1-19-15(8-10-4-2-3-5-13(10)16)12-7-6-11(18)9-14(12)17/h2-7,9,15,19H,8H2,1H3. The van der Waals surface area contributed by atoms with Crippen LogP contribution in [0.3, 0.4) is 0 Å². The molecule has 1 nitrogen and oxygen atoms in total. The van der Waals surface area contributed by atoms with Gasteiger partial charge in [0.1, 0.15) is 5.82 Å². The molecule has 0 amide bonds. The minimum Gasteiger partial charge on any atom is -0.313 e. The van der Waals surface area contributed by atoms with Gasteiger partial charge in [-0.05, 0) is 42.8 Å². The van der Waals surface area contributed by atoms with Crippen LogP contribution in [0.1, 0.15) is 17.2 Å². The molecular formula is C15H14Cl2FN. The fourth-order valence-corrected chi connectivity index (χ4v) is 2.55. The average Bonchev–Trinajstić information content (AvgIpc) is 2.39. The summed E-state index contributed by atoms with van der Waals surface area (Å²) in [5, 5.41) is 4.33. The molecule has 1 N–H and O–H groups in total. The number of halogens is 3. The number of hydrogen-bond donors (Lipinski definition) is 1. The zero-order valence-corrected chi connectivity index (χ0v) is 12.0. The molecule has 0 bridgehead atoms. The Labute approximate surface area is 122 Å². The minimum absolute atomic E-state index is 0.00648. The maximum atomic E-state index is 13.1. The highest BCUT2D eigenvalue weighted by Crippen LogP contribution is 2.28. The van der Waals surface area contributed by atoms with Crippen molar-refractivity contribution in [1.29, 1.82) is 0 Å². The van der Waals surface area contributed by atoms with Gasteiger partial charge >= 0.3 is 0 Å². The maximum absolute atomic E-state index is 13.1. The van der Waals surface area contributed by atoms with E-state index in [9.17, 15) is 4.39 Å². The van der Waals surface area contributed by atoms with Gasteiger partial charge in [0, 0.05) is 16.1 Å². The summed E-state index contributed by atoms with van der Waals surface area (Å²) >= 11 is 12.3. The highest BCUT2D eigenvalue weighted by atomic mass is 35.5. The molecule has 0 aromatic heterocycles. The molecule has 1 unspecified atom stereocenters. The molecule has 0 heterocycles. The maximum Gasteiger partial charge on any atom is 0.124 e. The van der Waals surface area contributed by atoms with E-state index in [1.54, 1.807) is 6.07 Å². The van der Waals surface area contributed by atoms with Gasteiger partial charge in [0.25, 0.3) is 0 Å². The predicted molar refractivity (Wildman–Crippen MR) is 78.4 cm³/mol. The second-order valence-electron chi connectivity index (χ2n) is 4.30. The van der Waals surface area contributed by atoms with E-state index in [0.29, 0.717) is 11.4 Å². The first-order chi connectivity index (χ1) is 9.11. The van der Waals surface area contributed by atoms with Crippen molar-refractivity contribution in [2.45, 2.75) is 12.5 Å². The molecule has 0 radical (unpaired) electrons. The van der Waals surface area contributed by atoms with Crippen molar-refractivity contribution in [3.05, 3.63) is 69.5 Å². The lowest BCUT2D eigenvalue weighted by Crippen LogP contribution is -2.19. The summed E-state index contributed by atoms with van der Waals surface area (Å²) in [7, 11) is 1.85. The van der Waals surface area contributed by atoms with Crippen molar-refractivity contribution in [2.75, 3.05) is 7.05 Å². The Hall–Kier alpha value is -1.09. The largest absolute Gasteiger partial charge is 0.313 e. The first-order valence-electron chi connectivity index (χ1n) is 5.97. The molecule has 0 saturated carbocycles. The number of hydrogen-bond acceptors (Lipinski definition) is 1. The van der Waals surface area contributed by atoms with Gasteiger partial charge in [-0.3, -0.25) is 0 Å². The van der Waals surface area contributed by atoms with Gasteiger partial charge in [0.05, 0.1) is 0 Å². The van der Waals surface area contributed by atoms with Crippen molar-refractivity contribution < 1.29 is 4.39 Å². The number of benzene rings is 2. The highest BCUT2D eigenvalue weighted by Gasteiger charge is 2.15. The van der Waals surface area contributed by atoms with Crippen LogP contribution < -0.4 is 5.32 Å². The van der Waals surface area contributed by atoms with Crippen molar-refractivity contribution in [3.63, 3.8) is 0 Å². The summed E-state index contributed by atoms with van der Waals surface area (Å²) < 4.78 is 13.1. The van der Waals surface area contributed by atoms with E-state index >= 15 is 0 Å². The number of rotatable bonds is 4. The quantitative estimate of drug-likeness (QED) is 0.867. The number of likely N-dealkylation sites (N-methyl/N-ethyl adjacent to an activating group) is 1. The SMILES string of the molecule is CNC(Cc1ccccc1Cl)c1ccc(F)cc1Cl. The van der Waals surface area contributed by atoms with E-state index in [0.717, 1.165) is 16.1 Å². The van der Waals surface area contributed by atoms with E-state index in [1.807, 2.05) is 31.3 Å². The van der Waals surface area contributed by atoms with Crippen molar-refractivity contribution >= 4 is 23.2 Å². The molecule has 0 saturated heterocycles. The molecule has 2 aromatic carbocycles. The lowest BCUT2D eigenvalue weighted by atomic mass is 9.99. The zero-order valence-electron chi connectivity index (χ0n) is 10.5. The van der Waals surface area contributed by atoms with Gasteiger partial charge in [-0.2, -0.15) is 0 Å². The van der Waals surface area contributed by atoms with Gasteiger partial charge in [0.2, 0.25) is 0 Å². The van der Waals surface area contributed by atoms with E-state index in [4.69, 9.17) is 23.2 Å². The lowest BCUT2D eigenvalue weighted by molar-refractivity contribution is 0.586. The Morgan fingerprint density at radius 1 is 1.11 bits per heavy atom. The lowest BCUT2D eigenvalue weighted by Gasteiger charge is -2.18. The fraction of sp³-hybridized carbons (Fsp3) is 0.200. The van der Waals surface area contributed by atoms with E-state index < -0.39 is 0 Å². The Kier molecular flexibility index (Phi) is 4.81. The molecule has 2 rings (SSSR count). The molecule has 4 heteroatoms. The summed E-state index contributed by atoms with van der Waals surface area (Å²) in [5.74, 6) is -0.332. The fourth-order valence-electron chi connectivity index (χ4n) is 2.04. The Morgan fingerprint density at radius 3 is 2.47 bits per heavy atom. The van der Waals surface area contributed by atoms with Gasteiger partial charge < -0.3 is 5.32 Å². The molecule has 100 valence electrons. The predicted octanol–water partition coefficient (Wildman–Crippen LogP) is 4.64. The van der Waals surface area contributed by atoms with Crippen LogP contribution in [0.2, 0.25) is 10.0 Å². The Morgan fingerprint density at radius 2 is 1.84 bits per heavy atom. The third-order valence-electron chi connectivity index (χ3n) is 3.07. The minimum atomic E-state index is -0.332. The molecule has 0 aliphatic carbocycles. The van der Waals surface area contributed by atoms with Gasteiger partial charge in [0.15, 0.2) is 0 Å². The second-order valence-corrected chi connectivity index (χ2v) is 5.12. The van der Waals surface area contributed by atoms with Crippen LogP contribution in [0.25, 0.3) is 0 Å². The van der Waals surface area contributed by atoms with Gasteiger partial charge in [-0.15, -0.1) is 0 Å². The molecular weight excluding hydrogens is 284 g/mol. The highest BCUT2D eigenvalue weighted by molar-refractivity contribution is 6.31. The average molecular weight is 298 g/mol. The summed E-state index contributed by atoms with van der Waals surface area (Å²) in [6.45, 7) is 0. The molecule has 2 aromatic rings. The smallest absolute Gasteiger partial charge is 0.124 e. The zero-order chi connectivity index (χ0) is 13.8. The van der Waals surface area contributed by atoms with Crippen molar-refractivity contribution in [3.8, 4) is 0 Å². The van der Waals surface area contributed by atoms with Crippen LogP contribution in [-0.4, -0.2) is 7.05 Å². The van der Waals surface area contributed by atoms with Crippen LogP contribution in [0.4, 0.5) is 4.39 Å². The van der Waals surface area contributed by atoms with E-state index in [2.05, 4.69) is 5.32 Å². The molecule has 0 fully saturated rings. The third kappa shape index (κ3) is 3.47. The van der Waals surface area contributed by atoms with Gasteiger partial charge in [-0.25, -0.2) is 4.39 Å². The van der Waals surface area contributed by atoms with Crippen LogP contribution in [-0.2, 0) is 6.42 Å². The third-order valence-corrected chi connectivity index (χ3v) is 3.76. The Bertz CT molecular complexity index is 572. The second kappa shape index (κ2) is 6.38. The monoisotopic (exact) mass is 297 g/mol. The van der Waals surface area contributed by atoms with Crippen LogP contribution >= 0.6 is 23.2 Å². The molecule has 0 spiro atoms. The number of nitrogens with one attached hydrogen (secondary N) is 1. The Balaban J connectivity index is 2.28. The summed E-state index contributed by atoms with van der Waals surface area (Å²) in [6.07, 6.45) is 0.696. The van der Waals surface area contributed by atoms with Gasteiger partial charge in [-0.1, -0.05) is 47.5 Å². The molecule has 19 heavy (non-hydrogen) atoms. The topological polar surface area (TPSA) is 12.0 Å². The summed E-state index contributed by atoms with van der Waals surface area (Å²) in [4.78, 5) is 0. The van der Waals surface area contributed by atoms with E-state index in [1.165, 1.54) is 12.1 Å². The molecule has 0 aliphatic rings. The summed E-state index contributed by atoms with van der Waals surface area (Å²) in [5.41, 5.74) is 1.90. The van der Waals surface area contributed by atoms with E-state index in [-0.39, 0.29) is 11.9 Å². The first-order valence-corrected chi connectivity index (χ1v) is 6.73. The molecule has 1 atom stereocenters. The summed E-state index contributed by atoms with van der Waals surface area (Å²) in [6, 6.07) is 12.1. The van der Waals surface area contributed by atoms with Crippen molar-refractivity contribution in [2.24, 2.45) is 0 Å². The van der Waals surface area contributed by atoms with Crippen molar-refractivity contribution in [1.82, 2.24) is 5.32 Å². The van der Waals surface area contributed by atoms with Crippen LogP contribution in [0.5, 0.6) is 0 Å². The van der Waals surface area contributed by atoms with Crippen LogP contribution in [0, 0.1) is 5.82 Å². The van der Waals surface area contributed by atoms with Crippen LogP contribution in [0.15, 0.2) is 42.5 Å². The molecule has 0 aliphatic heterocycles. The first kappa shape index (κ1) is 14.3.